The SMILES string of the molecule is COc1ccc(CC(CCC2CC2)NN)cc1OC. The van der Waals surface area contributed by atoms with Gasteiger partial charge in [0.15, 0.2) is 11.5 Å². The van der Waals surface area contributed by atoms with Gasteiger partial charge in [0.2, 0.25) is 0 Å². The van der Waals surface area contributed by atoms with Gasteiger partial charge in [-0.05, 0) is 42.9 Å². The summed E-state index contributed by atoms with van der Waals surface area (Å²) >= 11 is 0. The summed E-state index contributed by atoms with van der Waals surface area (Å²) in [6.07, 6.45) is 6.13. The van der Waals surface area contributed by atoms with Crippen molar-refractivity contribution in [3.05, 3.63) is 23.8 Å². The number of ether oxygens (including phenoxy) is 2. The molecular formula is C15H24N2O2. The van der Waals surface area contributed by atoms with Gasteiger partial charge in [0.1, 0.15) is 0 Å². The molecule has 0 bridgehead atoms. The van der Waals surface area contributed by atoms with Crippen LogP contribution < -0.4 is 20.7 Å². The zero-order valence-corrected chi connectivity index (χ0v) is 11.8. The van der Waals surface area contributed by atoms with E-state index in [9.17, 15) is 0 Å². The van der Waals surface area contributed by atoms with Gasteiger partial charge >= 0.3 is 0 Å². The lowest BCUT2D eigenvalue weighted by molar-refractivity contribution is 0.354. The quantitative estimate of drug-likeness (QED) is 0.558. The molecule has 4 nitrogen and oxygen atoms in total. The molecule has 1 aliphatic rings. The predicted molar refractivity (Wildman–Crippen MR) is 76.3 cm³/mol. The number of methoxy groups -OCH3 is 2. The summed E-state index contributed by atoms with van der Waals surface area (Å²) in [5.41, 5.74) is 4.15. The summed E-state index contributed by atoms with van der Waals surface area (Å²) in [4.78, 5) is 0. The van der Waals surface area contributed by atoms with Crippen LogP contribution in [-0.4, -0.2) is 20.3 Å². The van der Waals surface area contributed by atoms with E-state index in [-0.39, 0.29) is 0 Å². The minimum atomic E-state index is 0.332. The summed E-state index contributed by atoms with van der Waals surface area (Å²) in [5, 5.41) is 0. The number of hydrazine groups is 1. The molecule has 2 rings (SSSR count). The smallest absolute Gasteiger partial charge is 0.160 e. The van der Waals surface area contributed by atoms with Gasteiger partial charge in [-0.2, -0.15) is 0 Å². The van der Waals surface area contributed by atoms with Crippen LogP contribution in [0.4, 0.5) is 0 Å². The summed E-state index contributed by atoms with van der Waals surface area (Å²) < 4.78 is 10.6. The van der Waals surface area contributed by atoms with E-state index in [0.29, 0.717) is 6.04 Å². The van der Waals surface area contributed by atoms with Crippen molar-refractivity contribution in [1.29, 1.82) is 0 Å². The van der Waals surface area contributed by atoms with E-state index in [0.717, 1.165) is 30.3 Å². The minimum Gasteiger partial charge on any atom is -0.493 e. The van der Waals surface area contributed by atoms with E-state index < -0.39 is 0 Å². The molecule has 0 radical (unpaired) electrons. The fraction of sp³-hybridized carbons (Fsp3) is 0.600. The fourth-order valence-corrected chi connectivity index (χ4v) is 2.38. The molecule has 0 aliphatic heterocycles. The highest BCUT2D eigenvalue weighted by Gasteiger charge is 2.22. The Balaban J connectivity index is 1.95. The van der Waals surface area contributed by atoms with Crippen molar-refractivity contribution in [3.8, 4) is 11.5 Å². The Morgan fingerprint density at radius 1 is 1.26 bits per heavy atom. The van der Waals surface area contributed by atoms with Crippen molar-refractivity contribution < 1.29 is 9.47 Å². The van der Waals surface area contributed by atoms with Crippen molar-refractivity contribution in [3.63, 3.8) is 0 Å². The van der Waals surface area contributed by atoms with Crippen LogP contribution in [0.3, 0.4) is 0 Å². The Kier molecular flexibility index (Phi) is 5.05. The van der Waals surface area contributed by atoms with Crippen LogP contribution in [0.25, 0.3) is 0 Å². The van der Waals surface area contributed by atoms with E-state index in [1.54, 1.807) is 14.2 Å². The number of nitrogens with two attached hydrogens (primary N) is 1. The molecule has 106 valence electrons. The van der Waals surface area contributed by atoms with Crippen LogP contribution in [0.5, 0.6) is 11.5 Å². The third-order valence-corrected chi connectivity index (χ3v) is 3.79. The van der Waals surface area contributed by atoms with Gasteiger partial charge in [0.05, 0.1) is 14.2 Å². The van der Waals surface area contributed by atoms with Crippen molar-refractivity contribution in [1.82, 2.24) is 5.43 Å². The lowest BCUT2D eigenvalue weighted by Crippen LogP contribution is -2.36. The van der Waals surface area contributed by atoms with Crippen LogP contribution >= 0.6 is 0 Å². The average molecular weight is 264 g/mol. The number of nitrogens with one attached hydrogen (secondary N) is 1. The number of hydrogen-bond donors (Lipinski definition) is 2. The molecule has 1 saturated carbocycles. The van der Waals surface area contributed by atoms with Crippen LogP contribution in [-0.2, 0) is 6.42 Å². The van der Waals surface area contributed by atoms with Gasteiger partial charge in [-0.1, -0.05) is 18.9 Å². The Labute approximate surface area is 115 Å². The molecule has 19 heavy (non-hydrogen) atoms. The molecule has 1 aromatic carbocycles. The summed E-state index contributed by atoms with van der Waals surface area (Å²) in [7, 11) is 3.31. The van der Waals surface area contributed by atoms with Gasteiger partial charge in [0.25, 0.3) is 0 Å². The zero-order chi connectivity index (χ0) is 13.7. The lowest BCUT2D eigenvalue weighted by Gasteiger charge is -2.17. The van der Waals surface area contributed by atoms with Crippen molar-refractivity contribution in [2.75, 3.05) is 14.2 Å². The summed E-state index contributed by atoms with van der Waals surface area (Å²) in [6, 6.07) is 6.38. The Morgan fingerprint density at radius 3 is 2.58 bits per heavy atom. The lowest BCUT2D eigenvalue weighted by atomic mass is 10.0. The van der Waals surface area contributed by atoms with E-state index in [2.05, 4.69) is 11.5 Å². The monoisotopic (exact) mass is 264 g/mol. The van der Waals surface area contributed by atoms with Gasteiger partial charge in [-0.15, -0.1) is 0 Å². The number of rotatable bonds is 8. The first-order valence-corrected chi connectivity index (χ1v) is 6.93. The van der Waals surface area contributed by atoms with Crippen LogP contribution in [0.1, 0.15) is 31.2 Å². The maximum Gasteiger partial charge on any atom is 0.160 e. The van der Waals surface area contributed by atoms with Gasteiger partial charge in [0, 0.05) is 6.04 Å². The molecule has 4 heteroatoms. The summed E-state index contributed by atoms with van der Waals surface area (Å²) in [6.45, 7) is 0. The second-order valence-corrected chi connectivity index (χ2v) is 5.28. The Morgan fingerprint density at radius 2 is 2.00 bits per heavy atom. The highest BCUT2D eigenvalue weighted by Crippen LogP contribution is 2.34. The Hall–Kier alpha value is -1.26. The normalized spacial score (nSPS) is 16.2. The molecule has 3 N–H and O–H groups in total. The third kappa shape index (κ3) is 4.11. The first-order valence-electron chi connectivity index (χ1n) is 6.93. The molecule has 1 atom stereocenters. The topological polar surface area (TPSA) is 56.5 Å². The van der Waals surface area contributed by atoms with Crippen molar-refractivity contribution >= 4 is 0 Å². The van der Waals surface area contributed by atoms with Gasteiger partial charge < -0.3 is 9.47 Å². The molecule has 0 aromatic heterocycles. The molecular weight excluding hydrogens is 240 g/mol. The molecule has 1 unspecified atom stereocenters. The first kappa shape index (κ1) is 14.2. The molecule has 0 amide bonds. The highest BCUT2D eigenvalue weighted by molar-refractivity contribution is 5.43. The second-order valence-electron chi connectivity index (χ2n) is 5.28. The molecule has 1 aliphatic carbocycles. The number of benzene rings is 1. The molecule has 1 fully saturated rings. The van der Waals surface area contributed by atoms with Gasteiger partial charge in [-0.25, -0.2) is 0 Å². The molecule has 0 saturated heterocycles. The van der Waals surface area contributed by atoms with Crippen molar-refractivity contribution in [2.24, 2.45) is 11.8 Å². The second kappa shape index (κ2) is 6.78. The largest absolute Gasteiger partial charge is 0.493 e. The molecule has 1 aromatic rings. The maximum absolute atomic E-state index is 5.65. The highest BCUT2D eigenvalue weighted by atomic mass is 16.5. The summed E-state index contributed by atoms with van der Waals surface area (Å²) in [5.74, 6) is 8.13. The average Bonchev–Trinajstić information content (AvgIpc) is 3.27. The van der Waals surface area contributed by atoms with Crippen LogP contribution in [0.15, 0.2) is 18.2 Å². The maximum atomic E-state index is 5.65. The van der Waals surface area contributed by atoms with Crippen LogP contribution in [0, 0.1) is 5.92 Å². The fourth-order valence-electron chi connectivity index (χ4n) is 2.38. The molecule has 0 heterocycles. The van der Waals surface area contributed by atoms with E-state index in [4.69, 9.17) is 15.3 Å². The van der Waals surface area contributed by atoms with E-state index in [1.807, 2.05) is 12.1 Å². The predicted octanol–water partition coefficient (Wildman–Crippen LogP) is 2.27. The standard InChI is InChI=1S/C15H24N2O2/c1-18-14-8-6-12(10-15(14)19-2)9-13(17-16)7-5-11-3-4-11/h6,8,10-11,13,17H,3-5,7,9,16H2,1-2H3. The van der Waals surface area contributed by atoms with Crippen LogP contribution in [0.2, 0.25) is 0 Å². The van der Waals surface area contributed by atoms with E-state index >= 15 is 0 Å². The Bertz CT molecular complexity index is 405. The third-order valence-electron chi connectivity index (χ3n) is 3.79. The van der Waals surface area contributed by atoms with E-state index in [1.165, 1.54) is 24.8 Å². The first-order chi connectivity index (χ1) is 9.26. The zero-order valence-electron chi connectivity index (χ0n) is 11.8. The van der Waals surface area contributed by atoms with Crippen molar-refractivity contribution in [2.45, 2.75) is 38.1 Å². The van der Waals surface area contributed by atoms with Gasteiger partial charge in [-0.3, -0.25) is 11.3 Å². The number of hydrogen-bond acceptors (Lipinski definition) is 4. The molecule has 0 spiro atoms. The minimum absolute atomic E-state index is 0.332.